The van der Waals surface area contributed by atoms with Crippen molar-refractivity contribution in [2.24, 2.45) is 5.10 Å². The van der Waals surface area contributed by atoms with Crippen LogP contribution in [-0.2, 0) is 6.18 Å². The average molecular weight is 458 g/mol. The molecular weight excluding hydrogens is 446 g/mol. The number of hydrogen-bond donors (Lipinski definition) is 0. The largest absolute Gasteiger partial charge is 0.433 e. The summed E-state index contributed by atoms with van der Waals surface area (Å²) in [4.78, 5) is 32.7. The van der Waals surface area contributed by atoms with Crippen LogP contribution < -0.4 is 16.0 Å². The van der Waals surface area contributed by atoms with E-state index in [1.165, 1.54) is 32.3 Å². The summed E-state index contributed by atoms with van der Waals surface area (Å²) >= 11 is 5.94. The maximum atomic E-state index is 14.6. The van der Waals surface area contributed by atoms with Crippen molar-refractivity contribution < 1.29 is 22.3 Å². The standard InChI is InChI=1S/C18H12ClF4N5O3/c1-9(2)26-28-14(18(21,22)23)8-15(29)27(17(28)30)12-7-13(10(19)6-11(12)20)31-16-24-4-3-5-25-16/h3-8H,1-2H3. The van der Waals surface area contributed by atoms with Gasteiger partial charge in [0.15, 0.2) is 11.4 Å². The number of hydrogen-bond acceptors (Lipinski definition) is 6. The predicted octanol–water partition coefficient (Wildman–Crippen LogP) is 3.64. The van der Waals surface area contributed by atoms with Crippen LogP contribution in [0.3, 0.4) is 0 Å². The number of aromatic nitrogens is 4. The third kappa shape index (κ3) is 4.63. The molecule has 0 atom stereocenters. The lowest BCUT2D eigenvalue weighted by molar-refractivity contribution is -0.144. The zero-order chi connectivity index (χ0) is 22.9. The molecule has 0 aliphatic carbocycles. The minimum atomic E-state index is -5.06. The van der Waals surface area contributed by atoms with Gasteiger partial charge in [0.25, 0.3) is 5.56 Å². The second-order valence-corrected chi connectivity index (χ2v) is 6.62. The van der Waals surface area contributed by atoms with Crippen LogP contribution in [-0.4, -0.2) is 24.9 Å². The molecule has 0 spiro atoms. The number of benzene rings is 1. The van der Waals surface area contributed by atoms with Gasteiger partial charge in [0.2, 0.25) is 0 Å². The molecule has 0 N–H and O–H groups in total. The van der Waals surface area contributed by atoms with Crippen LogP contribution in [0.2, 0.25) is 5.02 Å². The molecule has 2 heterocycles. The Labute approximate surface area is 176 Å². The fourth-order valence-electron chi connectivity index (χ4n) is 2.46. The van der Waals surface area contributed by atoms with Gasteiger partial charge in [-0.15, -0.1) is 0 Å². The summed E-state index contributed by atoms with van der Waals surface area (Å²) in [7, 11) is 0. The monoisotopic (exact) mass is 457 g/mol. The van der Waals surface area contributed by atoms with E-state index in [1.807, 2.05) is 0 Å². The first-order valence-corrected chi connectivity index (χ1v) is 8.79. The van der Waals surface area contributed by atoms with E-state index < -0.39 is 34.6 Å². The maximum absolute atomic E-state index is 14.6. The van der Waals surface area contributed by atoms with Crippen molar-refractivity contribution in [1.82, 2.24) is 19.2 Å². The summed E-state index contributed by atoms with van der Waals surface area (Å²) in [5.74, 6) is -1.40. The molecule has 0 bridgehead atoms. The zero-order valence-electron chi connectivity index (χ0n) is 15.8. The van der Waals surface area contributed by atoms with Gasteiger partial charge >= 0.3 is 17.9 Å². The van der Waals surface area contributed by atoms with E-state index in [2.05, 4.69) is 15.1 Å². The van der Waals surface area contributed by atoms with Crippen molar-refractivity contribution in [3.05, 3.63) is 74.0 Å². The quantitative estimate of drug-likeness (QED) is 0.440. The average Bonchev–Trinajstić information content (AvgIpc) is 2.67. The minimum Gasteiger partial charge on any atom is -0.423 e. The second kappa shape index (κ2) is 8.30. The first-order valence-electron chi connectivity index (χ1n) is 8.42. The van der Waals surface area contributed by atoms with Gasteiger partial charge in [0, 0.05) is 30.2 Å². The molecule has 3 rings (SSSR count). The first-order chi connectivity index (χ1) is 14.5. The topological polar surface area (TPSA) is 91.4 Å². The smallest absolute Gasteiger partial charge is 0.423 e. The molecule has 31 heavy (non-hydrogen) atoms. The van der Waals surface area contributed by atoms with Crippen molar-refractivity contribution >= 4 is 17.3 Å². The summed E-state index contributed by atoms with van der Waals surface area (Å²) in [5, 5.41) is 3.28. The van der Waals surface area contributed by atoms with E-state index in [4.69, 9.17) is 16.3 Å². The second-order valence-electron chi connectivity index (χ2n) is 6.21. The summed E-state index contributed by atoms with van der Waals surface area (Å²) in [5.41, 5.74) is -5.19. The molecule has 13 heteroatoms. The Hall–Kier alpha value is -3.54. The molecule has 0 radical (unpaired) electrons. The Morgan fingerprint density at radius 1 is 1.13 bits per heavy atom. The van der Waals surface area contributed by atoms with Crippen molar-refractivity contribution in [2.75, 3.05) is 0 Å². The summed E-state index contributed by atoms with van der Waals surface area (Å²) in [6.45, 7) is 2.69. The normalized spacial score (nSPS) is 11.3. The van der Waals surface area contributed by atoms with E-state index in [0.29, 0.717) is 0 Å². The Bertz CT molecular complexity index is 1280. The third-order valence-electron chi connectivity index (χ3n) is 3.66. The highest BCUT2D eigenvalue weighted by Gasteiger charge is 2.36. The Balaban J connectivity index is 2.28. The van der Waals surface area contributed by atoms with E-state index >= 15 is 0 Å². The Morgan fingerprint density at radius 2 is 1.77 bits per heavy atom. The van der Waals surface area contributed by atoms with E-state index in [0.717, 1.165) is 12.1 Å². The van der Waals surface area contributed by atoms with Crippen molar-refractivity contribution in [3.8, 4) is 17.4 Å². The van der Waals surface area contributed by atoms with Crippen LogP contribution in [0.1, 0.15) is 19.5 Å². The van der Waals surface area contributed by atoms with Crippen LogP contribution in [0.4, 0.5) is 17.6 Å². The van der Waals surface area contributed by atoms with Gasteiger partial charge in [-0.1, -0.05) is 11.6 Å². The van der Waals surface area contributed by atoms with Gasteiger partial charge in [-0.05, 0) is 26.0 Å². The van der Waals surface area contributed by atoms with Crippen LogP contribution in [0, 0.1) is 5.82 Å². The van der Waals surface area contributed by atoms with Crippen LogP contribution in [0.25, 0.3) is 5.69 Å². The highest BCUT2D eigenvalue weighted by molar-refractivity contribution is 6.32. The van der Waals surface area contributed by atoms with E-state index in [9.17, 15) is 27.2 Å². The SMILES string of the molecule is CC(C)=Nn1c(C(F)(F)F)cc(=O)n(-c2cc(Oc3ncccn3)c(Cl)cc2F)c1=O. The van der Waals surface area contributed by atoms with Crippen LogP contribution in [0.5, 0.6) is 11.8 Å². The highest BCUT2D eigenvalue weighted by Crippen LogP contribution is 2.32. The van der Waals surface area contributed by atoms with E-state index in [1.54, 1.807) is 0 Å². The molecule has 0 saturated carbocycles. The molecule has 0 saturated heterocycles. The van der Waals surface area contributed by atoms with Gasteiger partial charge in [-0.25, -0.2) is 23.7 Å². The summed E-state index contributed by atoms with van der Waals surface area (Å²) in [6, 6.07) is 3.08. The number of rotatable bonds is 4. The molecule has 0 aliphatic heterocycles. The molecular formula is C18H12ClF4N5O3. The lowest BCUT2D eigenvalue weighted by Gasteiger charge is -2.15. The molecule has 162 valence electrons. The summed E-state index contributed by atoms with van der Waals surface area (Å²) in [6.07, 6.45) is -2.36. The zero-order valence-corrected chi connectivity index (χ0v) is 16.6. The fraction of sp³-hybridized carbons (Fsp3) is 0.167. The first kappa shape index (κ1) is 22.2. The highest BCUT2D eigenvalue weighted by atomic mass is 35.5. The number of nitrogens with zero attached hydrogens (tertiary/aromatic N) is 5. The van der Waals surface area contributed by atoms with Crippen LogP contribution >= 0.6 is 11.6 Å². The van der Waals surface area contributed by atoms with Gasteiger partial charge in [0.1, 0.15) is 5.82 Å². The van der Waals surface area contributed by atoms with Gasteiger partial charge in [0.05, 0.1) is 10.7 Å². The maximum Gasteiger partial charge on any atom is 0.433 e. The molecule has 1 aromatic carbocycles. The minimum absolute atomic E-state index is 0.0222. The fourth-order valence-corrected chi connectivity index (χ4v) is 2.65. The third-order valence-corrected chi connectivity index (χ3v) is 3.95. The van der Waals surface area contributed by atoms with Gasteiger partial charge in [-0.3, -0.25) is 4.79 Å². The molecule has 0 amide bonds. The lowest BCUT2D eigenvalue weighted by atomic mass is 10.2. The molecule has 2 aromatic heterocycles. The van der Waals surface area contributed by atoms with Gasteiger partial charge in [-0.2, -0.15) is 22.9 Å². The lowest BCUT2D eigenvalue weighted by Crippen LogP contribution is -2.41. The van der Waals surface area contributed by atoms with Crippen molar-refractivity contribution in [2.45, 2.75) is 20.0 Å². The Morgan fingerprint density at radius 3 is 2.35 bits per heavy atom. The molecule has 0 fully saturated rings. The summed E-state index contributed by atoms with van der Waals surface area (Å²) < 4.78 is 60.1. The number of alkyl halides is 3. The van der Waals surface area contributed by atoms with Gasteiger partial charge < -0.3 is 4.74 Å². The van der Waals surface area contributed by atoms with E-state index in [-0.39, 0.29) is 37.8 Å². The van der Waals surface area contributed by atoms with Crippen molar-refractivity contribution in [1.29, 1.82) is 0 Å². The molecule has 3 aromatic rings. The molecule has 8 nitrogen and oxygen atoms in total. The molecule has 0 aliphatic rings. The van der Waals surface area contributed by atoms with Crippen molar-refractivity contribution in [3.63, 3.8) is 0 Å². The Kier molecular flexibility index (Phi) is 5.93. The predicted molar refractivity (Wildman–Crippen MR) is 103 cm³/mol. The molecule has 0 unspecified atom stereocenters. The number of halogens is 5. The number of ether oxygens (including phenoxy) is 1. The van der Waals surface area contributed by atoms with Crippen LogP contribution in [0.15, 0.2) is 51.3 Å².